The van der Waals surface area contributed by atoms with Gasteiger partial charge < -0.3 is 15.4 Å². The smallest absolute Gasteiger partial charge is 0.255 e. The first kappa shape index (κ1) is 21.7. The Labute approximate surface area is 201 Å². The first-order valence-electron chi connectivity index (χ1n) is 10.7. The summed E-state index contributed by atoms with van der Waals surface area (Å²) in [5.41, 5.74) is 3.68. The maximum absolute atomic E-state index is 13.4. The molecule has 1 atom stereocenters. The second-order valence-electron chi connectivity index (χ2n) is 7.82. The van der Waals surface area contributed by atoms with Gasteiger partial charge in [0.15, 0.2) is 0 Å². The number of nitrogens with one attached hydrogen (secondary N) is 2. The van der Waals surface area contributed by atoms with Crippen molar-refractivity contribution >= 4 is 29.1 Å². The molecule has 0 fully saturated rings. The van der Waals surface area contributed by atoms with E-state index >= 15 is 0 Å². The zero-order chi connectivity index (χ0) is 23.5. The Bertz CT molecular complexity index is 1350. The van der Waals surface area contributed by atoms with E-state index in [2.05, 4.69) is 26.2 Å². The first-order chi connectivity index (χ1) is 16.6. The van der Waals surface area contributed by atoms with Crippen LogP contribution in [0.1, 0.15) is 24.1 Å². The van der Waals surface area contributed by atoms with Gasteiger partial charge in [0, 0.05) is 16.4 Å². The lowest BCUT2D eigenvalue weighted by molar-refractivity contribution is -0.113. The number of ether oxygens (including phenoxy) is 1. The van der Waals surface area contributed by atoms with E-state index in [9.17, 15) is 4.79 Å². The molecule has 9 heteroatoms. The summed E-state index contributed by atoms with van der Waals surface area (Å²) >= 11 is 5.98. The summed E-state index contributed by atoms with van der Waals surface area (Å²) in [6, 6.07) is 24.0. The minimum Gasteiger partial charge on any atom is -0.489 e. The molecule has 0 radical (unpaired) electrons. The number of carbonyl (C=O) groups is 1. The number of hydrogen-bond acceptors (Lipinski definition) is 6. The van der Waals surface area contributed by atoms with E-state index < -0.39 is 6.04 Å². The Morgan fingerprint density at radius 3 is 2.68 bits per heavy atom. The van der Waals surface area contributed by atoms with Gasteiger partial charge in [0.25, 0.3) is 5.91 Å². The van der Waals surface area contributed by atoms with Gasteiger partial charge >= 0.3 is 0 Å². The molecule has 1 amide bonds. The van der Waals surface area contributed by atoms with Crippen LogP contribution in [0.15, 0.2) is 90.1 Å². The molecule has 8 nitrogen and oxygen atoms in total. The summed E-state index contributed by atoms with van der Waals surface area (Å²) in [6.45, 7) is 2.27. The lowest BCUT2D eigenvalue weighted by atomic mass is 9.95. The average molecular weight is 473 g/mol. The van der Waals surface area contributed by atoms with Crippen LogP contribution in [-0.2, 0) is 11.4 Å². The van der Waals surface area contributed by atoms with Crippen LogP contribution in [-0.4, -0.2) is 26.1 Å². The molecule has 0 saturated carbocycles. The van der Waals surface area contributed by atoms with Crippen molar-refractivity contribution in [2.45, 2.75) is 19.6 Å². The number of rotatable bonds is 6. The van der Waals surface area contributed by atoms with Gasteiger partial charge in [-0.25, -0.2) is 0 Å². The third-order valence-electron chi connectivity index (χ3n) is 5.48. The number of benzene rings is 3. The standard InChI is InChI=1S/C25H21ClN6O2/c1-16-22(24(33)28-20-12-10-19(26)11-13-20)23(32-25(27-16)29-30-31-32)18-8-5-9-21(14-18)34-15-17-6-3-2-4-7-17/h2-14,23H,15H2,1H3,(H,28,33)(H,27,29,31)/t23-/m0/s1. The molecule has 0 spiro atoms. The highest BCUT2D eigenvalue weighted by Gasteiger charge is 2.34. The molecule has 3 aromatic carbocycles. The average Bonchev–Trinajstić information content (AvgIpc) is 3.32. The molecular weight excluding hydrogens is 452 g/mol. The van der Waals surface area contributed by atoms with Crippen LogP contribution >= 0.6 is 11.6 Å². The van der Waals surface area contributed by atoms with Crippen molar-refractivity contribution in [3.63, 3.8) is 0 Å². The van der Waals surface area contributed by atoms with Crippen molar-refractivity contribution in [1.29, 1.82) is 0 Å². The number of hydrogen-bond donors (Lipinski definition) is 2. The zero-order valence-corrected chi connectivity index (χ0v) is 19.0. The van der Waals surface area contributed by atoms with E-state index in [0.29, 0.717) is 40.3 Å². The highest BCUT2D eigenvalue weighted by atomic mass is 35.5. The predicted octanol–water partition coefficient (Wildman–Crippen LogP) is 4.83. The van der Waals surface area contributed by atoms with Crippen molar-refractivity contribution in [3.05, 3.63) is 106 Å². The summed E-state index contributed by atoms with van der Waals surface area (Å²) in [7, 11) is 0. The van der Waals surface area contributed by atoms with Crippen LogP contribution in [0.3, 0.4) is 0 Å². The monoisotopic (exact) mass is 472 g/mol. The number of anilines is 2. The molecule has 0 bridgehead atoms. The van der Waals surface area contributed by atoms with Crippen molar-refractivity contribution in [2.24, 2.45) is 0 Å². The van der Waals surface area contributed by atoms with Gasteiger partial charge in [0.05, 0.1) is 5.57 Å². The number of aromatic nitrogens is 4. The summed E-state index contributed by atoms with van der Waals surface area (Å²) in [6.07, 6.45) is 0. The van der Waals surface area contributed by atoms with Gasteiger partial charge in [-0.05, 0) is 64.9 Å². The van der Waals surface area contributed by atoms with E-state index in [4.69, 9.17) is 16.3 Å². The minimum absolute atomic E-state index is 0.269. The number of nitrogens with zero attached hydrogens (tertiary/aromatic N) is 4. The van der Waals surface area contributed by atoms with Gasteiger partial charge in [-0.1, -0.05) is 59.2 Å². The van der Waals surface area contributed by atoms with Gasteiger partial charge in [-0.3, -0.25) is 4.79 Å². The summed E-state index contributed by atoms with van der Waals surface area (Å²) in [5.74, 6) is 0.875. The van der Waals surface area contributed by atoms with Gasteiger partial charge in [-0.2, -0.15) is 4.68 Å². The topological polar surface area (TPSA) is 94.0 Å². The Hall–Kier alpha value is -4.17. The molecule has 4 aromatic rings. The van der Waals surface area contributed by atoms with Crippen LogP contribution in [0.5, 0.6) is 5.75 Å². The quantitative estimate of drug-likeness (QED) is 0.417. The molecule has 5 rings (SSSR count). The van der Waals surface area contributed by atoms with Crippen LogP contribution in [0, 0.1) is 0 Å². The third kappa shape index (κ3) is 4.49. The zero-order valence-electron chi connectivity index (χ0n) is 18.3. The second kappa shape index (κ2) is 9.36. The highest BCUT2D eigenvalue weighted by molar-refractivity contribution is 6.30. The second-order valence-corrected chi connectivity index (χ2v) is 8.26. The Morgan fingerprint density at radius 2 is 1.88 bits per heavy atom. The molecule has 1 aliphatic rings. The van der Waals surface area contributed by atoms with Crippen molar-refractivity contribution in [1.82, 2.24) is 20.2 Å². The van der Waals surface area contributed by atoms with E-state index in [1.165, 1.54) is 0 Å². The Morgan fingerprint density at radius 1 is 1.09 bits per heavy atom. The molecular formula is C25H21ClN6O2. The summed E-state index contributed by atoms with van der Waals surface area (Å²) in [4.78, 5) is 13.4. The Kier molecular flexibility index (Phi) is 5.97. The number of carbonyl (C=O) groups excluding carboxylic acids is 1. The van der Waals surface area contributed by atoms with Crippen molar-refractivity contribution < 1.29 is 9.53 Å². The fourth-order valence-electron chi connectivity index (χ4n) is 3.86. The minimum atomic E-state index is -0.543. The van der Waals surface area contributed by atoms with Crippen molar-refractivity contribution in [2.75, 3.05) is 10.6 Å². The number of tetrazole rings is 1. The third-order valence-corrected chi connectivity index (χ3v) is 5.73. The van der Waals surface area contributed by atoms with E-state index in [-0.39, 0.29) is 5.91 Å². The molecule has 170 valence electrons. The number of fused-ring (bicyclic) bond motifs is 1. The molecule has 0 aliphatic carbocycles. The van der Waals surface area contributed by atoms with Gasteiger partial charge in [0.2, 0.25) is 5.95 Å². The normalized spacial score (nSPS) is 14.8. The largest absolute Gasteiger partial charge is 0.489 e. The molecule has 2 N–H and O–H groups in total. The Balaban J connectivity index is 1.46. The van der Waals surface area contributed by atoms with E-state index in [0.717, 1.165) is 11.1 Å². The fraction of sp³-hybridized carbons (Fsp3) is 0.120. The van der Waals surface area contributed by atoms with Gasteiger partial charge in [0.1, 0.15) is 18.4 Å². The van der Waals surface area contributed by atoms with Gasteiger partial charge in [-0.15, -0.1) is 0 Å². The van der Waals surface area contributed by atoms with Crippen molar-refractivity contribution in [3.8, 4) is 5.75 Å². The number of allylic oxidation sites excluding steroid dienone is 1. The molecule has 0 unspecified atom stereocenters. The van der Waals surface area contributed by atoms with E-state index in [1.54, 1.807) is 28.9 Å². The van der Waals surface area contributed by atoms with Crippen LogP contribution in [0.4, 0.5) is 11.6 Å². The maximum atomic E-state index is 13.4. The first-order valence-corrected chi connectivity index (χ1v) is 11.1. The fourth-order valence-corrected chi connectivity index (χ4v) is 3.99. The summed E-state index contributed by atoms with van der Waals surface area (Å²) in [5, 5.41) is 18.6. The SMILES string of the molecule is CC1=C(C(=O)Nc2ccc(Cl)cc2)[C@H](c2cccc(OCc3ccccc3)c2)n2nnnc2N1. The van der Waals surface area contributed by atoms with Crippen LogP contribution < -0.4 is 15.4 Å². The van der Waals surface area contributed by atoms with Crippen LogP contribution in [0.25, 0.3) is 0 Å². The van der Waals surface area contributed by atoms with Crippen LogP contribution in [0.2, 0.25) is 5.02 Å². The maximum Gasteiger partial charge on any atom is 0.255 e. The lowest BCUT2D eigenvalue weighted by Gasteiger charge is -2.28. The summed E-state index contributed by atoms with van der Waals surface area (Å²) < 4.78 is 7.61. The number of halogens is 1. The molecule has 34 heavy (non-hydrogen) atoms. The molecule has 2 heterocycles. The van der Waals surface area contributed by atoms with E-state index in [1.807, 2.05) is 61.5 Å². The predicted molar refractivity (Wildman–Crippen MR) is 130 cm³/mol. The molecule has 1 aliphatic heterocycles. The molecule has 1 aromatic heterocycles. The lowest BCUT2D eigenvalue weighted by Crippen LogP contribution is -2.31. The molecule has 0 saturated heterocycles. The highest BCUT2D eigenvalue weighted by Crippen LogP contribution is 2.36. The number of amides is 1.